The molecule has 0 unspecified atom stereocenters. The molecule has 114 valence electrons. The van der Waals surface area contributed by atoms with Gasteiger partial charge < -0.3 is 4.57 Å². The van der Waals surface area contributed by atoms with Crippen molar-refractivity contribution in [3.63, 3.8) is 0 Å². The van der Waals surface area contributed by atoms with Crippen molar-refractivity contribution in [3.8, 4) is 0 Å². The Morgan fingerprint density at radius 1 is 1.50 bits per heavy atom. The number of nitrogens with one attached hydrogen (secondary N) is 1. The average Bonchev–Trinajstić information content (AvgIpc) is 2.85. The molecule has 1 heterocycles. The number of aromatic nitrogens is 1. The van der Waals surface area contributed by atoms with E-state index in [-0.39, 0.29) is 18.0 Å². The lowest BCUT2D eigenvalue weighted by Gasteiger charge is -2.02. The molecule has 0 aliphatic heterocycles. The van der Waals surface area contributed by atoms with Gasteiger partial charge in [-0.3, -0.25) is 14.9 Å². The SMILES string of the molecule is Cn1cccc1CC(=O)NN=Cc1ccc(Br)c([N+](=O)[O-])c1. The van der Waals surface area contributed by atoms with Gasteiger partial charge in [-0.05, 0) is 34.1 Å². The maximum atomic E-state index is 11.7. The van der Waals surface area contributed by atoms with Crippen molar-refractivity contribution in [1.82, 2.24) is 9.99 Å². The molecule has 1 N–H and O–H groups in total. The van der Waals surface area contributed by atoms with Crippen molar-refractivity contribution in [2.75, 3.05) is 0 Å². The van der Waals surface area contributed by atoms with E-state index in [1.54, 1.807) is 12.1 Å². The Hall–Kier alpha value is -2.48. The minimum absolute atomic E-state index is 0.0564. The standard InChI is InChI=1S/C14H13BrN4O3/c1-18-6-2-3-11(18)8-14(20)17-16-9-10-4-5-12(15)13(7-10)19(21)22/h2-7,9H,8H2,1H3,(H,17,20). The Morgan fingerprint density at radius 2 is 2.27 bits per heavy atom. The number of nitrogens with zero attached hydrogens (tertiary/aromatic N) is 3. The van der Waals surface area contributed by atoms with Crippen molar-refractivity contribution < 1.29 is 9.72 Å². The third-order valence-electron chi connectivity index (χ3n) is 2.96. The number of halogens is 1. The normalized spacial score (nSPS) is 10.8. The average molecular weight is 365 g/mol. The van der Waals surface area contributed by atoms with Crippen molar-refractivity contribution in [3.05, 3.63) is 62.4 Å². The van der Waals surface area contributed by atoms with Crippen molar-refractivity contribution in [2.45, 2.75) is 6.42 Å². The van der Waals surface area contributed by atoms with Gasteiger partial charge in [0, 0.05) is 30.6 Å². The van der Waals surface area contributed by atoms with Crippen LogP contribution >= 0.6 is 15.9 Å². The van der Waals surface area contributed by atoms with Crippen LogP contribution in [0.2, 0.25) is 0 Å². The summed E-state index contributed by atoms with van der Waals surface area (Å²) in [6.45, 7) is 0. The summed E-state index contributed by atoms with van der Waals surface area (Å²) in [5.74, 6) is -0.260. The van der Waals surface area contributed by atoms with Crippen LogP contribution in [0.4, 0.5) is 5.69 Å². The van der Waals surface area contributed by atoms with Crippen LogP contribution in [0.1, 0.15) is 11.3 Å². The third-order valence-corrected chi connectivity index (χ3v) is 3.63. The molecule has 2 aromatic rings. The first kappa shape index (κ1) is 15.9. The van der Waals surface area contributed by atoms with Crippen molar-refractivity contribution in [1.29, 1.82) is 0 Å². The summed E-state index contributed by atoms with van der Waals surface area (Å²) in [7, 11) is 1.85. The van der Waals surface area contributed by atoms with Crippen LogP contribution in [0.5, 0.6) is 0 Å². The summed E-state index contributed by atoms with van der Waals surface area (Å²) in [5.41, 5.74) is 3.73. The molecule has 0 aliphatic rings. The smallest absolute Gasteiger partial charge is 0.284 e. The molecule has 0 radical (unpaired) electrons. The lowest BCUT2D eigenvalue weighted by molar-refractivity contribution is -0.385. The Kier molecular flexibility index (Phi) is 5.05. The first-order valence-electron chi connectivity index (χ1n) is 6.33. The maximum absolute atomic E-state index is 11.7. The monoisotopic (exact) mass is 364 g/mol. The van der Waals surface area contributed by atoms with Gasteiger partial charge in [0.15, 0.2) is 0 Å². The number of hydrazone groups is 1. The largest absolute Gasteiger partial charge is 0.354 e. The molecule has 22 heavy (non-hydrogen) atoms. The zero-order chi connectivity index (χ0) is 16.1. The van der Waals surface area contributed by atoms with E-state index in [2.05, 4.69) is 26.5 Å². The molecular formula is C14H13BrN4O3. The summed E-state index contributed by atoms with van der Waals surface area (Å²) >= 11 is 3.10. The zero-order valence-electron chi connectivity index (χ0n) is 11.7. The van der Waals surface area contributed by atoms with Gasteiger partial charge in [0.05, 0.1) is 22.0 Å². The van der Waals surface area contributed by atoms with Crippen LogP contribution in [0.3, 0.4) is 0 Å². The van der Waals surface area contributed by atoms with Crippen LogP contribution in [0.25, 0.3) is 0 Å². The van der Waals surface area contributed by atoms with Crippen LogP contribution in [-0.2, 0) is 18.3 Å². The first-order chi connectivity index (χ1) is 10.5. The molecule has 7 nitrogen and oxygen atoms in total. The molecule has 0 atom stereocenters. The van der Waals surface area contributed by atoms with E-state index in [0.29, 0.717) is 10.0 Å². The highest BCUT2D eigenvalue weighted by Gasteiger charge is 2.11. The molecule has 1 aromatic carbocycles. The van der Waals surface area contributed by atoms with E-state index >= 15 is 0 Å². The third kappa shape index (κ3) is 4.01. The number of aryl methyl sites for hydroxylation is 1. The highest BCUT2D eigenvalue weighted by molar-refractivity contribution is 9.10. The molecular weight excluding hydrogens is 352 g/mol. The highest BCUT2D eigenvalue weighted by Crippen LogP contribution is 2.24. The predicted octanol–water partition coefficient (Wildman–Crippen LogP) is 2.39. The minimum atomic E-state index is -0.491. The Labute approximate surface area is 134 Å². The molecule has 2 rings (SSSR count). The number of rotatable bonds is 5. The van der Waals surface area contributed by atoms with E-state index in [1.807, 2.05) is 29.9 Å². The maximum Gasteiger partial charge on any atom is 0.284 e. The second-order valence-electron chi connectivity index (χ2n) is 4.55. The highest BCUT2D eigenvalue weighted by atomic mass is 79.9. The Morgan fingerprint density at radius 3 is 2.91 bits per heavy atom. The van der Waals surface area contributed by atoms with Crippen LogP contribution in [-0.4, -0.2) is 21.6 Å². The summed E-state index contributed by atoms with van der Waals surface area (Å²) < 4.78 is 2.24. The number of hydrogen-bond donors (Lipinski definition) is 1. The molecule has 0 spiro atoms. The number of carbonyl (C=O) groups is 1. The number of hydrogen-bond acceptors (Lipinski definition) is 4. The molecule has 0 fully saturated rings. The second kappa shape index (κ2) is 6.99. The van der Waals surface area contributed by atoms with Crippen LogP contribution in [0, 0.1) is 10.1 Å². The Bertz CT molecular complexity index is 739. The first-order valence-corrected chi connectivity index (χ1v) is 7.12. The van der Waals surface area contributed by atoms with E-state index in [0.717, 1.165) is 5.69 Å². The number of nitro groups is 1. The second-order valence-corrected chi connectivity index (χ2v) is 5.40. The van der Waals surface area contributed by atoms with Gasteiger partial charge in [0.2, 0.25) is 5.91 Å². The number of benzene rings is 1. The fourth-order valence-electron chi connectivity index (χ4n) is 1.81. The fourth-order valence-corrected chi connectivity index (χ4v) is 2.20. The summed E-state index contributed by atoms with van der Waals surface area (Å²) in [5, 5.41) is 14.6. The van der Waals surface area contributed by atoms with Gasteiger partial charge >= 0.3 is 0 Å². The van der Waals surface area contributed by atoms with Gasteiger partial charge in [-0.2, -0.15) is 5.10 Å². The molecule has 8 heteroatoms. The van der Waals surface area contributed by atoms with Gasteiger partial charge in [-0.25, -0.2) is 5.43 Å². The number of nitro benzene ring substituents is 1. The van der Waals surface area contributed by atoms with E-state index in [1.165, 1.54) is 12.3 Å². The Balaban J connectivity index is 1.98. The molecule has 1 amide bonds. The van der Waals surface area contributed by atoms with E-state index < -0.39 is 4.92 Å². The molecule has 0 bridgehead atoms. The molecule has 1 aromatic heterocycles. The van der Waals surface area contributed by atoms with Crippen LogP contribution < -0.4 is 5.43 Å². The summed E-state index contributed by atoms with van der Waals surface area (Å²) in [4.78, 5) is 22.1. The minimum Gasteiger partial charge on any atom is -0.354 e. The number of carbonyl (C=O) groups excluding carboxylic acids is 1. The summed E-state index contributed by atoms with van der Waals surface area (Å²) in [6, 6.07) is 8.29. The summed E-state index contributed by atoms with van der Waals surface area (Å²) in [6.07, 6.45) is 3.43. The lowest BCUT2D eigenvalue weighted by Crippen LogP contribution is -2.20. The number of amides is 1. The van der Waals surface area contributed by atoms with Gasteiger partial charge in [0.1, 0.15) is 0 Å². The van der Waals surface area contributed by atoms with Gasteiger partial charge in [-0.1, -0.05) is 6.07 Å². The molecule has 0 aliphatic carbocycles. The fraction of sp³-hybridized carbons (Fsp3) is 0.143. The lowest BCUT2D eigenvalue weighted by atomic mass is 10.2. The van der Waals surface area contributed by atoms with Crippen molar-refractivity contribution in [2.24, 2.45) is 12.1 Å². The van der Waals surface area contributed by atoms with E-state index in [9.17, 15) is 14.9 Å². The quantitative estimate of drug-likeness (QED) is 0.501. The molecule has 0 saturated heterocycles. The van der Waals surface area contributed by atoms with Crippen LogP contribution in [0.15, 0.2) is 46.1 Å². The molecule has 0 saturated carbocycles. The van der Waals surface area contributed by atoms with Crippen molar-refractivity contribution >= 4 is 33.7 Å². The van der Waals surface area contributed by atoms with Gasteiger partial charge in [0.25, 0.3) is 5.69 Å². The van der Waals surface area contributed by atoms with E-state index in [4.69, 9.17) is 0 Å². The van der Waals surface area contributed by atoms with Gasteiger partial charge in [-0.15, -0.1) is 0 Å². The zero-order valence-corrected chi connectivity index (χ0v) is 13.3. The topological polar surface area (TPSA) is 89.5 Å². The predicted molar refractivity (Wildman–Crippen MR) is 85.7 cm³/mol.